The first-order valence-electron chi connectivity index (χ1n) is 12.9. The number of hydrogen-bond donors (Lipinski definition) is 2. The molecule has 0 radical (unpaired) electrons. The third-order valence-electron chi connectivity index (χ3n) is 6.77. The van der Waals surface area contributed by atoms with E-state index in [0.29, 0.717) is 36.7 Å². The summed E-state index contributed by atoms with van der Waals surface area (Å²) in [5.41, 5.74) is 0.509. The van der Waals surface area contributed by atoms with E-state index in [9.17, 15) is 19.2 Å². The maximum atomic E-state index is 13.3. The van der Waals surface area contributed by atoms with Gasteiger partial charge in [-0.25, -0.2) is 4.79 Å². The summed E-state index contributed by atoms with van der Waals surface area (Å²) in [5, 5.41) is 6.33. The van der Waals surface area contributed by atoms with Crippen LogP contribution >= 0.6 is 0 Å². The summed E-state index contributed by atoms with van der Waals surface area (Å²) in [6.07, 6.45) is 7.10. The Labute approximate surface area is 210 Å². The van der Waals surface area contributed by atoms with Crippen LogP contribution in [0, 0.1) is 0 Å². The zero-order valence-electron chi connectivity index (χ0n) is 20.6. The number of hydrogen-bond acceptors (Lipinski definition) is 4. The molecule has 0 unspecified atom stereocenters. The number of aromatic nitrogens is 2. The molecule has 0 bridgehead atoms. The molecule has 1 fully saturated rings. The first-order valence-corrected chi connectivity index (χ1v) is 12.9. The minimum atomic E-state index is -0.514. The van der Waals surface area contributed by atoms with Crippen LogP contribution in [0.3, 0.4) is 0 Å². The quantitative estimate of drug-likeness (QED) is 0.426. The average molecular weight is 491 g/mol. The predicted octanol–water partition coefficient (Wildman–Crippen LogP) is 3.10. The van der Waals surface area contributed by atoms with E-state index in [2.05, 4.69) is 10.6 Å². The highest BCUT2D eigenvalue weighted by Gasteiger charge is 2.17. The first-order chi connectivity index (χ1) is 17.5. The number of benzene rings is 2. The van der Waals surface area contributed by atoms with Crippen LogP contribution in [0.15, 0.2) is 64.2 Å². The molecule has 8 nitrogen and oxygen atoms in total. The van der Waals surface area contributed by atoms with Crippen LogP contribution in [0.4, 0.5) is 0 Å². The van der Waals surface area contributed by atoms with E-state index in [4.69, 9.17) is 0 Å². The van der Waals surface area contributed by atoms with Crippen molar-refractivity contribution in [3.8, 4) is 0 Å². The molecule has 2 amide bonds. The molecule has 8 heteroatoms. The lowest BCUT2D eigenvalue weighted by atomic mass is 9.95. The second-order valence-electron chi connectivity index (χ2n) is 9.46. The van der Waals surface area contributed by atoms with Gasteiger partial charge in [0.1, 0.15) is 6.54 Å². The molecule has 1 heterocycles. The zero-order chi connectivity index (χ0) is 25.3. The Bertz CT molecular complexity index is 1310. The molecule has 0 atom stereocenters. The van der Waals surface area contributed by atoms with Crippen LogP contribution in [0.1, 0.15) is 56.9 Å². The molecule has 1 aliphatic carbocycles. The summed E-state index contributed by atoms with van der Waals surface area (Å²) in [7, 11) is 0. The third kappa shape index (κ3) is 6.50. The van der Waals surface area contributed by atoms with Crippen molar-refractivity contribution in [1.29, 1.82) is 0 Å². The van der Waals surface area contributed by atoms with Crippen LogP contribution in [0.5, 0.6) is 0 Å². The number of unbranched alkanes of at least 4 members (excludes halogenated alkanes) is 1. The van der Waals surface area contributed by atoms with Gasteiger partial charge in [-0.05, 0) is 43.4 Å². The zero-order valence-corrected chi connectivity index (χ0v) is 20.6. The molecule has 0 spiro atoms. The Morgan fingerprint density at radius 2 is 1.56 bits per heavy atom. The highest BCUT2D eigenvalue weighted by molar-refractivity contribution is 5.81. The number of amides is 2. The highest BCUT2D eigenvalue weighted by Crippen LogP contribution is 2.17. The maximum Gasteiger partial charge on any atom is 0.331 e. The third-order valence-corrected chi connectivity index (χ3v) is 6.77. The van der Waals surface area contributed by atoms with Gasteiger partial charge in [-0.3, -0.25) is 23.5 Å². The van der Waals surface area contributed by atoms with Gasteiger partial charge in [-0.1, -0.05) is 61.7 Å². The lowest BCUT2D eigenvalue weighted by molar-refractivity contribution is -0.122. The molecule has 0 saturated heterocycles. The number of carbonyl (C=O) groups excluding carboxylic acids is 2. The van der Waals surface area contributed by atoms with E-state index >= 15 is 0 Å². The van der Waals surface area contributed by atoms with E-state index in [0.717, 1.165) is 31.2 Å². The Balaban J connectivity index is 1.41. The summed E-state index contributed by atoms with van der Waals surface area (Å²) in [6.45, 7) is 0.371. The van der Waals surface area contributed by atoms with E-state index in [1.54, 1.807) is 24.3 Å². The Morgan fingerprint density at radius 3 is 2.33 bits per heavy atom. The average Bonchev–Trinajstić information content (AvgIpc) is 2.90. The van der Waals surface area contributed by atoms with Gasteiger partial charge in [-0.15, -0.1) is 0 Å². The Hall–Kier alpha value is -3.68. The van der Waals surface area contributed by atoms with E-state index < -0.39 is 5.69 Å². The van der Waals surface area contributed by atoms with Gasteiger partial charge in [0.2, 0.25) is 11.8 Å². The van der Waals surface area contributed by atoms with Gasteiger partial charge in [0.05, 0.1) is 10.9 Å². The lowest BCUT2D eigenvalue weighted by Gasteiger charge is -2.22. The van der Waals surface area contributed by atoms with Gasteiger partial charge < -0.3 is 10.6 Å². The highest BCUT2D eigenvalue weighted by atomic mass is 16.2. The topological polar surface area (TPSA) is 102 Å². The second-order valence-corrected chi connectivity index (χ2v) is 9.46. The SMILES string of the molecule is O=C(Cn1c(=O)n(CCCCC(=O)NC2CCCCC2)c(=O)c2ccccc21)NCc1ccccc1. The smallest absolute Gasteiger partial charge is 0.331 e. The predicted molar refractivity (Wildman–Crippen MR) is 140 cm³/mol. The van der Waals surface area contributed by atoms with E-state index in [1.165, 1.54) is 15.6 Å². The fourth-order valence-electron chi connectivity index (χ4n) is 4.82. The fraction of sp³-hybridized carbons (Fsp3) is 0.429. The summed E-state index contributed by atoms with van der Waals surface area (Å²) < 4.78 is 2.54. The van der Waals surface area contributed by atoms with Crippen LogP contribution in [-0.4, -0.2) is 27.0 Å². The summed E-state index contributed by atoms with van der Waals surface area (Å²) >= 11 is 0. The minimum Gasteiger partial charge on any atom is -0.353 e. The lowest BCUT2D eigenvalue weighted by Crippen LogP contribution is -2.42. The van der Waals surface area contributed by atoms with Gasteiger partial charge >= 0.3 is 5.69 Å². The van der Waals surface area contributed by atoms with Crippen molar-refractivity contribution < 1.29 is 9.59 Å². The Kier molecular flexibility index (Phi) is 8.71. The Morgan fingerprint density at radius 1 is 0.833 bits per heavy atom. The van der Waals surface area contributed by atoms with Crippen LogP contribution in [-0.2, 0) is 29.2 Å². The molecule has 3 aromatic rings. The van der Waals surface area contributed by atoms with Crippen LogP contribution in [0.25, 0.3) is 10.9 Å². The number of nitrogens with zero attached hydrogens (tertiary/aromatic N) is 2. The number of fused-ring (bicyclic) bond motifs is 1. The second kappa shape index (κ2) is 12.3. The molecule has 1 aliphatic rings. The number of rotatable bonds is 10. The molecule has 2 aromatic carbocycles. The molecular formula is C28H34N4O4. The maximum absolute atomic E-state index is 13.3. The number of para-hydroxylation sites is 1. The monoisotopic (exact) mass is 490 g/mol. The summed E-state index contributed by atoms with van der Waals surface area (Å²) in [4.78, 5) is 51.3. The molecule has 2 N–H and O–H groups in total. The van der Waals surface area contributed by atoms with Crippen molar-refractivity contribution in [2.45, 2.75) is 77.0 Å². The van der Waals surface area contributed by atoms with Gasteiger partial charge in [0.15, 0.2) is 0 Å². The molecule has 0 aliphatic heterocycles. The standard InChI is InChI=1S/C28H34N4O4/c33-25(30-22-13-5-2-6-14-22)17-9-10-18-31-27(35)23-15-7-8-16-24(23)32(28(31)36)20-26(34)29-19-21-11-3-1-4-12-21/h1,3-4,7-8,11-12,15-16,22H,2,5-6,9-10,13-14,17-20H2,(H,29,34)(H,30,33). The van der Waals surface area contributed by atoms with Gasteiger partial charge in [0, 0.05) is 25.6 Å². The summed E-state index contributed by atoms with van der Waals surface area (Å²) in [5.74, 6) is -0.282. The van der Waals surface area contributed by atoms with Crippen molar-refractivity contribution in [3.05, 3.63) is 81.0 Å². The van der Waals surface area contributed by atoms with Gasteiger partial charge in [-0.2, -0.15) is 0 Å². The number of carbonyl (C=O) groups is 2. The first kappa shape index (κ1) is 25.4. The molecule has 1 aromatic heterocycles. The fourth-order valence-corrected chi connectivity index (χ4v) is 4.82. The number of nitrogens with one attached hydrogen (secondary N) is 2. The van der Waals surface area contributed by atoms with Gasteiger partial charge in [0.25, 0.3) is 5.56 Å². The van der Waals surface area contributed by atoms with Crippen LogP contribution in [0.2, 0.25) is 0 Å². The van der Waals surface area contributed by atoms with Crippen molar-refractivity contribution in [2.75, 3.05) is 0 Å². The molecule has 36 heavy (non-hydrogen) atoms. The largest absolute Gasteiger partial charge is 0.353 e. The van der Waals surface area contributed by atoms with E-state index in [-0.39, 0.29) is 36.5 Å². The molecule has 4 rings (SSSR count). The van der Waals surface area contributed by atoms with Crippen molar-refractivity contribution >= 4 is 22.7 Å². The molecular weight excluding hydrogens is 456 g/mol. The van der Waals surface area contributed by atoms with Crippen LogP contribution < -0.4 is 21.9 Å². The van der Waals surface area contributed by atoms with Crippen molar-refractivity contribution in [2.24, 2.45) is 0 Å². The summed E-state index contributed by atoms with van der Waals surface area (Å²) in [6, 6.07) is 16.6. The molecule has 1 saturated carbocycles. The molecule has 190 valence electrons. The van der Waals surface area contributed by atoms with E-state index in [1.807, 2.05) is 30.3 Å². The normalized spacial score (nSPS) is 14.0. The van der Waals surface area contributed by atoms with Crippen molar-refractivity contribution in [3.63, 3.8) is 0 Å². The minimum absolute atomic E-state index is 0.0280. The van der Waals surface area contributed by atoms with Crippen molar-refractivity contribution in [1.82, 2.24) is 19.8 Å².